The Morgan fingerprint density at radius 1 is 1.32 bits per heavy atom. The van der Waals surface area contributed by atoms with E-state index in [1.165, 1.54) is 13.8 Å². The molecule has 4 aliphatic rings. The Bertz CT molecular complexity index is 902. The SMILES string of the molecule is CC(=O)OCc1cc(OC(C)=O)c2c(c1)N1C[C@@H]3N[C@@H]3[C@]3(OC(=O)OC[C@@H]23)O1. The van der Waals surface area contributed by atoms with E-state index in [1.807, 2.05) is 6.07 Å². The predicted octanol–water partition coefficient (Wildman–Crippen LogP) is 0.727. The van der Waals surface area contributed by atoms with Gasteiger partial charge >= 0.3 is 18.1 Å². The molecule has 4 aliphatic heterocycles. The first-order valence-corrected chi connectivity index (χ1v) is 8.94. The number of cyclic esters (lactones) is 1. The molecule has 5 rings (SSSR count). The number of ether oxygens (including phenoxy) is 4. The Kier molecular flexibility index (Phi) is 3.59. The predicted molar refractivity (Wildman–Crippen MR) is 90.3 cm³/mol. The van der Waals surface area contributed by atoms with Gasteiger partial charge in [0.05, 0.1) is 24.2 Å². The number of carbonyl (C=O) groups excluding carboxylic acids is 3. The molecule has 10 heteroatoms. The lowest BCUT2D eigenvalue weighted by molar-refractivity contribution is -0.273. The molecule has 1 aromatic carbocycles. The maximum Gasteiger partial charge on any atom is 0.510 e. The van der Waals surface area contributed by atoms with Gasteiger partial charge in [-0.2, -0.15) is 0 Å². The quantitative estimate of drug-likeness (QED) is 0.449. The number of anilines is 1. The van der Waals surface area contributed by atoms with Gasteiger partial charge in [0.15, 0.2) is 0 Å². The lowest BCUT2D eigenvalue weighted by Gasteiger charge is -2.51. The molecule has 0 aliphatic carbocycles. The number of hydroxylamine groups is 1. The molecule has 0 saturated carbocycles. The van der Waals surface area contributed by atoms with Crippen molar-refractivity contribution in [3.63, 3.8) is 0 Å². The zero-order valence-electron chi connectivity index (χ0n) is 15.2. The normalized spacial score (nSPS) is 31.4. The first-order chi connectivity index (χ1) is 13.4. The summed E-state index contributed by atoms with van der Waals surface area (Å²) in [5, 5.41) is 4.92. The van der Waals surface area contributed by atoms with Gasteiger partial charge in [-0.3, -0.25) is 9.59 Å². The van der Waals surface area contributed by atoms with Crippen LogP contribution in [0, 0.1) is 0 Å². The summed E-state index contributed by atoms with van der Waals surface area (Å²) in [5.41, 5.74) is 1.96. The minimum Gasteiger partial charge on any atom is -0.461 e. The molecular weight excluding hydrogens is 372 g/mol. The maximum absolute atomic E-state index is 11.9. The van der Waals surface area contributed by atoms with Crippen LogP contribution in [0.1, 0.15) is 30.9 Å². The van der Waals surface area contributed by atoms with Crippen molar-refractivity contribution in [3.8, 4) is 5.75 Å². The highest BCUT2D eigenvalue weighted by Gasteiger charge is 2.70. The molecule has 1 N–H and O–H groups in total. The van der Waals surface area contributed by atoms with Gasteiger partial charge in [0.1, 0.15) is 19.0 Å². The van der Waals surface area contributed by atoms with Crippen molar-refractivity contribution < 1.29 is 38.2 Å². The largest absolute Gasteiger partial charge is 0.510 e. The summed E-state index contributed by atoms with van der Waals surface area (Å²) in [5.74, 6) is -2.36. The summed E-state index contributed by atoms with van der Waals surface area (Å²) in [6.45, 7) is 3.21. The first kappa shape index (κ1) is 17.3. The van der Waals surface area contributed by atoms with Crippen molar-refractivity contribution in [2.45, 2.75) is 44.2 Å². The monoisotopic (exact) mass is 390 g/mol. The Morgan fingerprint density at radius 2 is 2.14 bits per heavy atom. The fraction of sp³-hybridized carbons (Fsp3) is 0.500. The minimum atomic E-state index is -1.25. The lowest BCUT2D eigenvalue weighted by Crippen LogP contribution is -2.63. The molecule has 1 aromatic rings. The van der Waals surface area contributed by atoms with Gasteiger partial charge in [-0.15, -0.1) is 0 Å². The Morgan fingerprint density at radius 3 is 2.89 bits per heavy atom. The fourth-order valence-corrected chi connectivity index (χ4v) is 4.20. The second kappa shape index (κ2) is 5.82. The molecule has 4 heterocycles. The van der Waals surface area contributed by atoms with Crippen LogP contribution in [-0.4, -0.2) is 49.1 Å². The van der Waals surface area contributed by atoms with Gasteiger partial charge < -0.3 is 24.3 Å². The number of benzene rings is 1. The van der Waals surface area contributed by atoms with Crippen LogP contribution < -0.4 is 15.1 Å². The average Bonchev–Trinajstić information content (AvgIpc) is 3.40. The standard InChI is InChI=1S/C18H18N2O8/c1-8(21)24-6-10-3-13-15(14(4-10)26-9(2)22)11-7-25-17(23)27-18(11)16-12(19-16)5-20(13)28-18/h3-4,11-12,16,19H,5-7H2,1-2H3/t11-,12-,16-,18+/m0/s1. The van der Waals surface area contributed by atoms with Crippen molar-refractivity contribution in [3.05, 3.63) is 23.3 Å². The summed E-state index contributed by atoms with van der Waals surface area (Å²) in [6, 6.07) is 3.40. The van der Waals surface area contributed by atoms with Crippen LogP contribution in [0.15, 0.2) is 12.1 Å². The molecule has 1 spiro atoms. The van der Waals surface area contributed by atoms with Crippen LogP contribution >= 0.6 is 0 Å². The molecule has 0 radical (unpaired) electrons. The van der Waals surface area contributed by atoms with Crippen molar-refractivity contribution in [1.82, 2.24) is 5.32 Å². The highest BCUT2D eigenvalue weighted by atomic mass is 16.9. The zero-order valence-corrected chi connectivity index (χ0v) is 15.2. The summed E-state index contributed by atoms with van der Waals surface area (Å²) in [4.78, 5) is 40.9. The van der Waals surface area contributed by atoms with Crippen molar-refractivity contribution in [2.24, 2.45) is 0 Å². The van der Waals surface area contributed by atoms with E-state index in [9.17, 15) is 14.4 Å². The Hall–Kier alpha value is -2.85. The van der Waals surface area contributed by atoms with E-state index in [2.05, 4.69) is 5.32 Å². The highest BCUT2D eigenvalue weighted by molar-refractivity contribution is 5.74. The molecular formula is C18H18N2O8. The van der Waals surface area contributed by atoms with Gasteiger partial charge in [-0.1, -0.05) is 0 Å². The van der Waals surface area contributed by atoms with Crippen LogP contribution in [0.25, 0.3) is 0 Å². The number of carbonyl (C=O) groups is 3. The second-order valence-corrected chi connectivity index (χ2v) is 7.24. The second-order valence-electron chi connectivity index (χ2n) is 7.24. The molecule has 148 valence electrons. The average molecular weight is 390 g/mol. The maximum atomic E-state index is 11.9. The fourth-order valence-electron chi connectivity index (χ4n) is 4.20. The highest BCUT2D eigenvalue weighted by Crippen LogP contribution is 2.56. The third-order valence-electron chi connectivity index (χ3n) is 5.33. The van der Waals surface area contributed by atoms with Gasteiger partial charge in [0.2, 0.25) is 0 Å². The van der Waals surface area contributed by atoms with Crippen molar-refractivity contribution in [1.29, 1.82) is 0 Å². The third-order valence-corrected chi connectivity index (χ3v) is 5.33. The number of nitrogens with one attached hydrogen (secondary N) is 1. The van der Waals surface area contributed by atoms with Crippen LogP contribution in [0.5, 0.6) is 5.75 Å². The molecule has 3 fully saturated rings. The smallest absolute Gasteiger partial charge is 0.461 e. The van der Waals surface area contributed by atoms with E-state index in [1.54, 1.807) is 11.1 Å². The minimum absolute atomic E-state index is 0.0241. The molecule has 28 heavy (non-hydrogen) atoms. The molecule has 0 aromatic heterocycles. The van der Waals surface area contributed by atoms with Crippen LogP contribution in [0.3, 0.4) is 0 Å². The summed E-state index contributed by atoms with van der Waals surface area (Å²) >= 11 is 0. The summed E-state index contributed by atoms with van der Waals surface area (Å²) < 4.78 is 21.2. The topological polar surface area (TPSA) is 123 Å². The Balaban J connectivity index is 1.64. The molecule has 0 amide bonds. The number of fused-ring (bicyclic) bond motifs is 5. The van der Waals surface area contributed by atoms with Crippen molar-refractivity contribution in [2.75, 3.05) is 18.2 Å². The van der Waals surface area contributed by atoms with Crippen molar-refractivity contribution >= 4 is 23.8 Å². The van der Waals surface area contributed by atoms with E-state index in [0.29, 0.717) is 29.1 Å². The molecule has 10 nitrogen and oxygen atoms in total. The van der Waals surface area contributed by atoms with E-state index in [0.717, 1.165) is 0 Å². The van der Waals surface area contributed by atoms with E-state index in [4.69, 9.17) is 23.8 Å². The van der Waals surface area contributed by atoms with E-state index >= 15 is 0 Å². The van der Waals surface area contributed by atoms with Crippen LogP contribution in [-0.2, 0) is 35.2 Å². The van der Waals surface area contributed by atoms with Crippen LogP contribution in [0.2, 0.25) is 0 Å². The van der Waals surface area contributed by atoms with Gasteiger partial charge in [-0.05, 0) is 17.7 Å². The van der Waals surface area contributed by atoms with E-state index in [-0.39, 0.29) is 25.3 Å². The number of nitrogens with zero attached hydrogens (tertiary/aromatic N) is 1. The summed E-state index contributed by atoms with van der Waals surface area (Å²) in [6.07, 6.45) is -0.797. The van der Waals surface area contributed by atoms with E-state index < -0.39 is 29.8 Å². The summed E-state index contributed by atoms with van der Waals surface area (Å²) in [7, 11) is 0. The Labute approximate surface area is 159 Å². The first-order valence-electron chi connectivity index (χ1n) is 8.94. The van der Waals surface area contributed by atoms with Gasteiger partial charge in [-0.25, -0.2) is 14.7 Å². The van der Waals surface area contributed by atoms with Gasteiger partial charge in [0, 0.05) is 25.5 Å². The lowest BCUT2D eigenvalue weighted by atomic mass is 9.82. The van der Waals surface area contributed by atoms with Gasteiger partial charge in [0.25, 0.3) is 5.79 Å². The third kappa shape index (κ3) is 2.52. The molecule has 3 saturated heterocycles. The molecule has 4 atom stereocenters. The van der Waals surface area contributed by atoms with Crippen LogP contribution in [0.4, 0.5) is 10.5 Å². The number of rotatable bonds is 3. The number of hydrogen-bond acceptors (Lipinski definition) is 10. The molecule has 2 bridgehead atoms. The molecule has 0 unspecified atom stereocenters. The number of hydrogen-bond donors (Lipinski definition) is 1. The zero-order chi connectivity index (χ0) is 19.6. The number of esters is 2.